The standard InChI is InChI=1S/C41H51NO6Si2/c1-40(2,3)49(7,8)47-24-27-23-42(39(45)46-25-34-30-17-13-11-15-28(30)29-16-12-14-18-31(29)34)35-22-36(48-50(9,10)41(4,5)6)32-20-19-26(38(43)44)21-33(32)37(27)35/h11-22,27,34H,23-25H2,1-10H3,(H,43,44). The minimum absolute atomic E-state index is 0.000324. The number of carboxylic acids is 1. The molecule has 6 rings (SSSR count). The number of ether oxygens (including phenoxy) is 1. The molecule has 0 fully saturated rings. The van der Waals surface area contributed by atoms with Gasteiger partial charge in [0.15, 0.2) is 8.32 Å². The van der Waals surface area contributed by atoms with Crippen molar-refractivity contribution in [1.82, 2.24) is 0 Å². The highest BCUT2D eigenvalue weighted by atomic mass is 28.4. The molecule has 4 aromatic rings. The zero-order valence-electron chi connectivity index (χ0n) is 31.1. The van der Waals surface area contributed by atoms with E-state index in [4.69, 9.17) is 13.6 Å². The third-order valence-electron chi connectivity index (χ3n) is 11.6. The minimum Gasteiger partial charge on any atom is -0.543 e. The highest BCUT2D eigenvalue weighted by molar-refractivity contribution is 6.75. The van der Waals surface area contributed by atoms with E-state index >= 15 is 0 Å². The number of carbonyl (C=O) groups excluding carboxylic acids is 1. The highest BCUT2D eigenvalue weighted by Gasteiger charge is 2.43. The summed E-state index contributed by atoms with van der Waals surface area (Å²) in [4.78, 5) is 28.3. The predicted molar refractivity (Wildman–Crippen MR) is 207 cm³/mol. The van der Waals surface area contributed by atoms with E-state index in [1.54, 1.807) is 17.0 Å². The summed E-state index contributed by atoms with van der Waals surface area (Å²) in [5.74, 6) is -0.604. The number of benzene rings is 4. The molecule has 264 valence electrons. The summed E-state index contributed by atoms with van der Waals surface area (Å²) in [5, 5.41) is 11.6. The van der Waals surface area contributed by atoms with E-state index in [9.17, 15) is 14.7 Å². The number of nitrogens with zero attached hydrogens (tertiary/aromatic N) is 1. The molecule has 1 aliphatic heterocycles. The Balaban J connectivity index is 1.43. The van der Waals surface area contributed by atoms with Gasteiger partial charge in [-0.25, -0.2) is 9.59 Å². The van der Waals surface area contributed by atoms with Gasteiger partial charge in [0.25, 0.3) is 8.32 Å². The number of amides is 1. The molecule has 1 unspecified atom stereocenters. The maximum absolute atomic E-state index is 14.3. The van der Waals surface area contributed by atoms with Crippen LogP contribution in [0.1, 0.15) is 80.4 Å². The topological polar surface area (TPSA) is 85.3 Å². The number of aromatic carboxylic acids is 1. The van der Waals surface area contributed by atoms with Crippen LogP contribution in [-0.2, 0) is 9.16 Å². The first-order chi connectivity index (χ1) is 23.3. The molecule has 0 aromatic heterocycles. The first kappa shape index (κ1) is 35.9. The summed E-state index contributed by atoms with van der Waals surface area (Å²) in [5.41, 5.74) is 6.43. The van der Waals surface area contributed by atoms with Gasteiger partial charge >= 0.3 is 12.1 Å². The summed E-state index contributed by atoms with van der Waals surface area (Å²) in [7, 11) is -4.48. The minimum atomic E-state index is -2.33. The average Bonchev–Trinajstić information content (AvgIpc) is 3.57. The molecule has 0 saturated carbocycles. The number of carboxylic acid groups (broad SMARTS) is 1. The van der Waals surface area contributed by atoms with Crippen LogP contribution in [0.4, 0.5) is 10.5 Å². The number of rotatable bonds is 8. The molecule has 0 bridgehead atoms. The second-order valence-electron chi connectivity index (χ2n) is 16.9. The van der Waals surface area contributed by atoms with E-state index in [1.807, 2.05) is 36.4 Å². The molecular formula is C41H51NO6Si2. The van der Waals surface area contributed by atoms with Gasteiger partial charge in [-0.05, 0) is 87.7 Å². The van der Waals surface area contributed by atoms with Crippen LogP contribution in [0.25, 0.3) is 21.9 Å². The lowest BCUT2D eigenvalue weighted by Gasteiger charge is -2.37. The second-order valence-corrected chi connectivity index (χ2v) is 26.5. The Bertz CT molecular complexity index is 1930. The number of carbonyl (C=O) groups is 2. The molecule has 0 spiro atoms. The lowest BCUT2D eigenvalue weighted by Crippen LogP contribution is -2.44. The Hall–Kier alpha value is -3.93. The van der Waals surface area contributed by atoms with E-state index in [0.717, 1.165) is 27.5 Å². The van der Waals surface area contributed by atoms with Gasteiger partial charge in [-0.2, -0.15) is 0 Å². The van der Waals surface area contributed by atoms with Crippen molar-refractivity contribution in [3.05, 3.63) is 95.1 Å². The van der Waals surface area contributed by atoms with Gasteiger partial charge in [0.05, 0.1) is 11.3 Å². The molecule has 0 saturated heterocycles. The Morgan fingerprint density at radius 2 is 1.36 bits per heavy atom. The van der Waals surface area contributed by atoms with Crippen LogP contribution >= 0.6 is 0 Å². The van der Waals surface area contributed by atoms with Crippen LogP contribution in [-0.4, -0.2) is 53.6 Å². The van der Waals surface area contributed by atoms with Gasteiger partial charge < -0.3 is 18.7 Å². The van der Waals surface area contributed by atoms with Crippen molar-refractivity contribution in [1.29, 1.82) is 0 Å². The lowest BCUT2D eigenvalue weighted by atomic mass is 9.93. The fourth-order valence-electron chi connectivity index (χ4n) is 6.61. The molecule has 1 N–H and O–H groups in total. The first-order valence-corrected chi connectivity index (χ1v) is 23.4. The van der Waals surface area contributed by atoms with Crippen LogP contribution in [0.15, 0.2) is 72.8 Å². The summed E-state index contributed by atoms with van der Waals surface area (Å²) in [6, 6.07) is 23.8. The summed E-state index contributed by atoms with van der Waals surface area (Å²) in [6.45, 7) is 23.0. The number of hydrogen-bond donors (Lipinski definition) is 1. The zero-order valence-corrected chi connectivity index (χ0v) is 33.1. The molecule has 50 heavy (non-hydrogen) atoms. The fourth-order valence-corrected chi connectivity index (χ4v) is 8.69. The maximum Gasteiger partial charge on any atom is 0.414 e. The van der Waals surface area contributed by atoms with E-state index in [1.165, 1.54) is 11.1 Å². The van der Waals surface area contributed by atoms with E-state index < -0.39 is 28.7 Å². The zero-order chi connectivity index (χ0) is 36.4. The summed E-state index contributed by atoms with van der Waals surface area (Å²) < 4.78 is 19.9. The Kier molecular flexibility index (Phi) is 9.11. The van der Waals surface area contributed by atoms with Crippen molar-refractivity contribution < 1.29 is 28.3 Å². The molecule has 7 nitrogen and oxygen atoms in total. The van der Waals surface area contributed by atoms with Crippen molar-refractivity contribution in [2.24, 2.45) is 0 Å². The molecule has 9 heteroatoms. The van der Waals surface area contributed by atoms with E-state index in [2.05, 4.69) is 92.0 Å². The molecular weight excluding hydrogens is 659 g/mol. The monoisotopic (exact) mass is 709 g/mol. The van der Waals surface area contributed by atoms with Gasteiger partial charge in [0.2, 0.25) is 0 Å². The Morgan fingerprint density at radius 1 is 0.780 bits per heavy atom. The highest BCUT2D eigenvalue weighted by Crippen LogP contribution is 2.49. The molecule has 1 amide bonds. The smallest absolute Gasteiger partial charge is 0.414 e. The molecule has 4 aromatic carbocycles. The predicted octanol–water partition coefficient (Wildman–Crippen LogP) is 10.8. The largest absolute Gasteiger partial charge is 0.543 e. The van der Waals surface area contributed by atoms with Crippen molar-refractivity contribution in [3.8, 4) is 16.9 Å². The van der Waals surface area contributed by atoms with Gasteiger partial charge in [-0.1, -0.05) is 90.1 Å². The summed E-state index contributed by atoms with van der Waals surface area (Å²) >= 11 is 0. The van der Waals surface area contributed by atoms with Crippen LogP contribution in [0.3, 0.4) is 0 Å². The van der Waals surface area contributed by atoms with Gasteiger partial charge in [-0.15, -0.1) is 0 Å². The van der Waals surface area contributed by atoms with Crippen LogP contribution in [0, 0.1) is 0 Å². The second kappa shape index (κ2) is 12.7. The Labute approximate surface area is 298 Å². The maximum atomic E-state index is 14.3. The quantitative estimate of drug-likeness (QED) is 0.183. The van der Waals surface area contributed by atoms with E-state index in [0.29, 0.717) is 24.6 Å². The number of fused-ring (bicyclic) bond motifs is 6. The third-order valence-corrected chi connectivity index (χ3v) is 20.5. The SMILES string of the molecule is CC(C)(C)[Si](C)(C)OCC1CN(C(=O)OCC2c3ccccc3-c3ccccc32)c2cc(O[Si](C)(C)C(C)(C)C)c3ccc(C(=O)O)cc3c21. The molecule has 1 atom stereocenters. The fraction of sp³-hybridized carbons (Fsp3) is 0.415. The molecule has 0 radical (unpaired) electrons. The van der Waals surface area contributed by atoms with Crippen molar-refractivity contribution in [2.75, 3.05) is 24.7 Å². The summed E-state index contributed by atoms with van der Waals surface area (Å²) in [6.07, 6.45) is -0.435. The lowest BCUT2D eigenvalue weighted by molar-refractivity contribution is 0.0697. The van der Waals surface area contributed by atoms with Gasteiger partial charge in [0.1, 0.15) is 12.4 Å². The van der Waals surface area contributed by atoms with Gasteiger partial charge in [-0.3, -0.25) is 4.90 Å². The van der Waals surface area contributed by atoms with Crippen molar-refractivity contribution in [2.45, 2.75) is 89.6 Å². The molecule has 1 aliphatic carbocycles. The molecule has 1 heterocycles. The van der Waals surface area contributed by atoms with Gasteiger partial charge in [0, 0.05) is 36.4 Å². The van der Waals surface area contributed by atoms with Crippen LogP contribution in [0.5, 0.6) is 5.75 Å². The first-order valence-electron chi connectivity index (χ1n) is 17.6. The number of hydrogen-bond acceptors (Lipinski definition) is 5. The average molecular weight is 710 g/mol. The number of anilines is 1. The van der Waals surface area contributed by atoms with E-state index in [-0.39, 0.29) is 34.1 Å². The molecule has 2 aliphatic rings. The third kappa shape index (κ3) is 6.40. The van der Waals surface area contributed by atoms with Crippen LogP contribution in [0.2, 0.25) is 36.3 Å². The van der Waals surface area contributed by atoms with Crippen LogP contribution < -0.4 is 9.33 Å². The van der Waals surface area contributed by atoms with Crippen molar-refractivity contribution in [3.63, 3.8) is 0 Å². The normalized spacial score (nSPS) is 16.3. The Morgan fingerprint density at radius 3 is 1.92 bits per heavy atom. The van der Waals surface area contributed by atoms with Crippen molar-refractivity contribution >= 4 is 45.2 Å².